The van der Waals surface area contributed by atoms with Gasteiger partial charge in [-0.25, -0.2) is 19.7 Å². The highest BCUT2D eigenvalue weighted by atomic mass is 16.3. The Labute approximate surface area is 281 Å². The van der Waals surface area contributed by atoms with E-state index in [2.05, 4.69) is 48.5 Å². The molecule has 3 heterocycles. The lowest BCUT2D eigenvalue weighted by Gasteiger charge is -2.11. The zero-order valence-corrected chi connectivity index (χ0v) is 26.8. The van der Waals surface area contributed by atoms with Gasteiger partial charge in [0.05, 0.1) is 11.0 Å². The normalized spacial score (nSPS) is 11.6. The number of nitrogens with zero attached hydrogens (tertiary/aromatic N) is 5. The van der Waals surface area contributed by atoms with Crippen molar-refractivity contribution in [2.75, 3.05) is 0 Å². The Morgan fingerprint density at radius 3 is 1.73 bits per heavy atom. The molecule has 0 aliphatic heterocycles. The Hall–Kier alpha value is -6.60. The lowest BCUT2D eigenvalue weighted by Crippen LogP contribution is -2.19. The fraction of sp³-hybridized carbons (Fsp3) is 0.0476. The molecule has 9 rings (SSSR count). The zero-order valence-electron chi connectivity index (χ0n) is 26.8. The van der Waals surface area contributed by atoms with Crippen LogP contribution in [0.5, 0.6) is 0 Å². The van der Waals surface area contributed by atoms with E-state index in [9.17, 15) is 4.79 Å². The number of fused-ring (bicyclic) bond motifs is 4. The van der Waals surface area contributed by atoms with Crippen molar-refractivity contribution in [3.8, 4) is 56.4 Å². The number of hydrogen-bond acceptors (Lipinski definition) is 5. The number of aryl methyl sites for hydroxylation is 2. The Bertz CT molecular complexity index is 2740. The van der Waals surface area contributed by atoms with E-state index in [0.717, 1.165) is 71.9 Å². The summed E-state index contributed by atoms with van der Waals surface area (Å²) in [5.74, 6) is 1.75. The first-order chi connectivity index (χ1) is 24.0. The standard InChI is InChI=1S/C42H29N5O2/c1-46-35-22-21-30(25-36(35)47(2)42(46)48)26-17-19-29(20-18-26)40-43-39(28-13-7-4-8-14-28)44-41(45-40)31-23-33(27-11-5-3-6-12-27)38-34(24-31)32-15-9-10-16-37(32)49-38/h3-25H,1-2H3. The maximum Gasteiger partial charge on any atom is 0.328 e. The van der Waals surface area contributed by atoms with Gasteiger partial charge < -0.3 is 4.42 Å². The summed E-state index contributed by atoms with van der Waals surface area (Å²) in [5.41, 5.74) is 10.1. The van der Waals surface area contributed by atoms with Crippen LogP contribution in [0.2, 0.25) is 0 Å². The molecule has 0 fully saturated rings. The molecule has 0 bridgehead atoms. The van der Waals surface area contributed by atoms with Crippen LogP contribution in [0.25, 0.3) is 89.4 Å². The average Bonchev–Trinajstić information content (AvgIpc) is 3.65. The summed E-state index contributed by atoms with van der Waals surface area (Å²) in [7, 11) is 3.60. The lowest BCUT2D eigenvalue weighted by molar-refractivity contribution is 0.670. The first-order valence-corrected chi connectivity index (χ1v) is 16.1. The van der Waals surface area contributed by atoms with Crippen molar-refractivity contribution >= 4 is 33.0 Å². The van der Waals surface area contributed by atoms with E-state index >= 15 is 0 Å². The summed E-state index contributed by atoms with van der Waals surface area (Å²) < 4.78 is 9.77. The predicted molar refractivity (Wildman–Crippen MR) is 196 cm³/mol. The predicted octanol–water partition coefficient (Wildman–Crippen LogP) is 9.30. The van der Waals surface area contributed by atoms with Gasteiger partial charge in [0.15, 0.2) is 17.5 Å². The summed E-state index contributed by atoms with van der Waals surface area (Å²) in [6.45, 7) is 0. The quantitative estimate of drug-likeness (QED) is 0.188. The van der Waals surface area contributed by atoms with E-state index in [1.54, 1.807) is 23.2 Å². The van der Waals surface area contributed by atoms with E-state index in [0.29, 0.717) is 17.5 Å². The van der Waals surface area contributed by atoms with Crippen molar-refractivity contribution in [3.63, 3.8) is 0 Å². The minimum Gasteiger partial charge on any atom is -0.455 e. The molecule has 0 N–H and O–H groups in total. The molecule has 9 aromatic rings. The Morgan fingerprint density at radius 2 is 1.02 bits per heavy atom. The molecule has 7 heteroatoms. The van der Waals surface area contributed by atoms with Crippen molar-refractivity contribution in [1.29, 1.82) is 0 Å². The van der Waals surface area contributed by atoms with Gasteiger partial charge in [0.2, 0.25) is 0 Å². The van der Waals surface area contributed by atoms with Gasteiger partial charge in [0, 0.05) is 47.1 Å². The number of benzene rings is 6. The van der Waals surface area contributed by atoms with Crippen LogP contribution in [0.15, 0.2) is 149 Å². The van der Waals surface area contributed by atoms with Crippen LogP contribution >= 0.6 is 0 Å². The van der Waals surface area contributed by atoms with Gasteiger partial charge in [0.1, 0.15) is 11.2 Å². The van der Waals surface area contributed by atoms with Gasteiger partial charge in [-0.1, -0.05) is 109 Å². The molecule has 234 valence electrons. The molecule has 0 atom stereocenters. The van der Waals surface area contributed by atoms with Crippen molar-refractivity contribution in [2.45, 2.75) is 0 Å². The minimum atomic E-state index is -0.0432. The fourth-order valence-electron chi connectivity index (χ4n) is 6.64. The molecule has 6 aromatic carbocycles. The molecule has 0 saturated carbocycles. The highest BCUT2D eigenvalue weighted by Crippen LogP contribution is 2.39. The summed E-state index contributed by atoms with van der Waals surface area (Å²) in [5, 5.41) is 2.05. The molecule has 0 spiro atoms. The highest BCUT2D eigenvalue weighted by Gasteiger charge is 2.18. The lowest BCUT2D eigenvalue weighted by atomic mass is 9.98. The van der Waals surface area contributed by atoms with Crippen LogP contribution < -0.4 is 5.69 Å². The molecule has 49 heavy (non-hydrogen) atoms. The maximum absolute atomic E-state index is 12.5. The maximum atomic E-state index is 12.5. The van der Waals surface area contributed by atoms with E-state index in [1.807, 2.05) is 91.0 Å². The van der Waals surface area contributed by atoms with Crippen molar-refractivity contribution in [2.24, 2.45) is 14.1 Å². The van der Waals surface area contributed by atoms with Gasteiger partial charge in [-0.15, -0.1) is 0 Å². The van der Waals surface area contributed by atoms with E-state index in [1.165, 1.54) is 0 Å². The van der Waals surface area contributed by atoms with Crippen molar-refractivity contribution in [1.82, 2.24) is 24.1 Å². The third kappa shape index (κ3) is 4.83. The van der Waals surface area contributed by atoms with Crippen molar-refractivity contribution < 1.29 is 4.42 Å². The van der Waals surface area contributed by atoms with Crippen LogP contribution in [-0.4, -0.2) is 24.1 Å². The molecule has 0 aliphatic carbocycles. The number of imidazole rings is 1. The van der Waals surface area contributed by atoms with E-state index < -0.39 is 0 Å². The zero-order chi connectivity index (χ0) is 33.1. The number of aromatic nitrogens is 5. The van der Waals surface area contributed by atoms with Gasteiger partial charge in [-0.3, -0.25) is 9.13 Å². The van der Waals surface area contributed by atoms with Gasteiger partial charge in [0.25, 0.3) is 0 Å². The smallest absolute Gasteiger partial charge is 0.328 e. The van der Waals surface area contributed by atoms with Crippen LogP contribution in [0.3, 0.4) is 0 Å². The molecule has 0 radical (unpaired) electrons. The van der Waals surface area contributed by atoms with Crippen LogP contribution in [-0.2, 0) is 14.1 Å². The second-order valence-corrected chi connectivity index (χ2v) is 12.2. The Kier molecular flexibility index (Phi) is 6.59. The van der Waals surface area contributed by atoms with Gasteiger partial charge in [-0.05, 0) is 47.0 Å². The SMILES string of the molecule is Cn1c(=O)n(C)c2cc(-c3ccc(-c4nc(-c5ccccc5)nc(-c5cc(-c6ccccc6)c6oc7ccccc7c6c5)n4)cc3)ccc21. The molecule has 0 unspecified atom stereocenters. The molecular formula is C42H29N5O2. The number of rotatable bonds is 5. The van der Waals surface area contributed by atoms with Crippen LogP contribution in [0.1, 0.15) is 0 Å². The summed E-state index contributed by atoms with van der Waals surface area (Å²) in [6.07, 6.45) is 0. The van der Waals surface area contributed by atoms with Gasteiger partial charge >= 0.3 is 5.69 Å². The number of furan rings is 1. The first-order valence-electron chi connectivity index (χ1n) is 16.1. The third-order valence-corrected chi connectivity index (χ3v) is 9.24. The molecule has 3 aromatic heterocycles. The summed E-state index contributed by atoms with van der Waals surface area (Å²) in [4.78, 5) is 27.6. The monoisotopic (exact) mass is 635 g/mol. The largest absolute Gasteiger partial charge is 0.455 e. The topological polar surface area (TPSA) is 78.7 Å². The third-order valence-electron chi connectivity index (χ3n) is 9.24. The van der Waals surface area contributed by atoms with E-state index in [4.69, 9.17) is 19.4 Å². The Balaban J connectivity index is 1.20. The number of hydrogen-bond donors (Lipinski definition) is 0. The van der Waals surface area contributed by atoms with Gasteiger partial charge in [-0.2, -0.15) is 0 Å². The average molecular weight is 636 g/mol. The molecular weight excluding hydrogens is 606 g/mol. The number of para-hydroxylation sites is 1. The molecule has 0 saturated heterocycles. The van der Waals surface area contributed by atoms with Crippen LogP contribution in [0, 0.1) is 0 Å². The minimum absolute atomic E-state index is 0.0432. The molecule has 0 amide bonds. The fourth-order valence-corrected chi connectivity index (χ4v) is 6.64. The second kappa shape index (κ2) is 11.3. The Morgan fingerprint density at radius 1 is 0.469 bits per heavy atom. The molecule has 0 aliphatic rings. The van der Waals surface area contributed by atoms with E-state index in [-0.39, 0.29) is 5.69 Å². The highest BCUT2D eigenvalue weighted by molar-refractivity contribution is 6.11. The van der Waals surface area contributed by atoms with Crippen LogP contribution in [0.4, 0.5) is 0 Å². The van der Waals surface area contributed by atoms with Crippen molar-refractivity contribution in [3.05, 3.63) is 150 Å². The summed E-state index contributed by atoms with van der Waals surface area (Å²) in [6, 6.07) is 46.9. The summed E-state index contributed by atoms with van der Waals surface area (Å²) >= 11 is 0. The first kappa shape index (κ1) is 28.6. The second-order valence-electron chi connectivity index (χ2n) is 12.2. The molecule has 7 nitrogen and oxygen atoms in total.